The zero-order valence-electron chi connectivity index (χ0n) is 13.8. The SMILES string of the molecule is Cc1cc2cc(NN=C(C#N)C#N)cnc2n1C(=O)OC(C)(C)C. The number of rotatable bonds is 2. The molecule has 0 aliphatic heterocycles. The normalized spacial score (nSPS) is 10.6. The summed E-state index contributed by atoms with van der Waals surface area (Å²) < 4.78 is 6.78. The van der Waals surface area contributed by atoms with Gasteiger partial charge in [0.15, 0.2) is 0 Å². The predicted molar refractivity (Wildman–Crippen MR) is 88.4 cm³/mol. The molecule has 2 heterocycles. The lowest BCUT2D eigenvalue weighted by molar-refractivity contribution is 0.0541. The monoisotopic (exact) mass is 324 g/mol. The number of aryl methyl sites for hydroxylation is 1. The molecule has 0 aliphatic rings. The molecule has 24 heavy (non-hydrogen) atoms. The number of anilines is 1. The molecular formula is C16H16N6O2. The van der Waals surface area contributed by atoms with Gasteiger partial charge in [0.05, 0.1) is 11.9 Å². The molecule has 8 heteroatoms. The van der Waals surface area contributed by atoms with Crippen LogP contribution in [0.3, 0.4) is 0 Å². The van der Waals surface area contributed by atoms with Crippen LogP contribution < -0.4 is 5.43 Å². The van der Waals surface area contributed by atoms with Gasteiger partial charge in [-0.2, -0.15) is 15.6 Å². The van der Waals surface area contributed by atoms with E-state index in [2.05, 4.69) is 15.5 Å². The Morgan fingerprint density at radius 1 is 1.33 bits per heavy atom. The smallest absolute Gasteiger partial charge is 0.420 e. The Morgan fingerprint density at radius 2 is 2.00 bits per heavy atom. The van der Waals surface area contributed by atoms with Gasteiger partial charge in [0.1, 0.15) is 23.4 Å². The lowest BCUT2D eigenvalue weighted by Crippen LogP contribution is -2.27. The molecule has 0 aliphatic carbocycles. The van der Waals surface area contributed by atoms with Crippen LogP contribution in [0.15, 0.2) is 23.4 Å². The van der Waals surface area contributed by atoms with Crippen LogP contribution >= 0.6 is 0 Å². The second kappa shape index (κ2) is 6.39. The van der Waals surface area contributed by atoms with Gasteiger partial charge in [-0.25, -0.2) is 14.3 Å². The molecule has 2 aromatic heterocycles. The number of nitrogens with zero attached hydrogens (tertiary/aromatic N) is 5. The third-order valence-corrected chi connectivity index (χ3v) is 2.91. The standard InChI is InChI=1S/C16H16N6O2/c1-10-5-11-6-12(20-21-13(7-17)8-18)9-19-14(11)22(10)15(23)24-16(2,3)4/h5-6,9,20H,1-4H3. The Morgan fingerprint density at radius 3 is 2.58 bits per heavy atom. The van der Waals surface area contributed by atoms with Crippen molar-refractivity contribution >= 4 is 28.5 Å². The third-order valence-electron chi connectivity index (χ3n) is 2.91. The summed E-state index contributed by atoms with van der Waals surface area (Å²) in [6, 6.07) is 6.80. The molecule has 0 unspecified atom stereocenters. The summed E-state index contributed by atoms with van der Waals surface area (Å²) in [4.78, 5) is 16.6. The van der Waals surface area contributed by atoms with Gasteiger partial charge in [-0.1, -0.05) is 0 Å². The molecule has 0 bridgehead atoms. The fourth-order valence-electron chi connectivity index (χ4n) is 2.02. The van der Waals surface area contributed by atoms with E-state index in [1.54, 1.807) is 52.0 Å². The summed E-state index contributed by atoms with van der Waals surface area (Å²) in [7, 11) is 0. The summed E-state index contributed by atoms with van der Waals surface area (Å²) in [5.41, 5.74) is 3.32. The van der Waals surface area contributed by atoms with E-state index in [4.69, 9.17) is 15.3 Å². The highest BCUT2D eigenvalue weighted by atomic mass is 16.6. The number of nitrogens with one attached hydrogen (secondary N) is 1. The van der Waals surface area contributed by atoms with Gasteiger partial charge in [-0.3, -0.25) is 5.43 Å². The van der Waals surface area contributed by atoms with E-state index in [-0.39, 0.29) is 5.71 Å². The molecule has 2 aromatic rings. The van der Waals surface area contributed by atoms with Crippen molar-refractivity contribution in [1.29, 1.82) is 10.5 Å². The average Bonchev–Trinajstić information content (AvgIpc) is 2.81. The van der Waals surface area contributed by atoms with E-state index in [1.807, 2.05) is 0 Å². The van der Waals surface area contributed by atoms with Crippen molar-refractivity contribution in [2.75, 3.05) is 5.43 Å². The zero-order chi connectivity index (χ0) is 17.9. The number of pyridine rings is 1. The molecule has 0 radical (unpaired) electrons. The highest BCUT2D eigenvalue weighted by Gasteiger charge is 2.21. The van der Waals surface area contributed by atoms with Crippen LogP contribution in [0.4, 0.5) is 10.5 Å². The number of hydrogen-bond acceptors (Lipinski definition) is 7. The summed E-state index contributed by atoms with van der Waals surface area (Å²) in [6.45, 7) is 7.16. The van der Waals surface area contributed by atoms with E-state index in [9.17, 15) is 4.79 Å². The Balaban J connectivity index is 2.37. The third kappa shape index (κ3) is 3.68. The Bertz CT molecular complexity index is 890. The molecule has 0 aromatic carbocycles. The summed E-state index contributed by atoms with van der Waals surface area (Å²) >= 11 is 0. The first kappa shape index (κ1) is 17.0. The predicted octanol–water partition coefficient (Wildman–Crippen LogP) is 2.94. The Kier molecular flexibility index (Phi) is 4.52. The number of nitriles is 2. The molecule has 0 saturated heterocycles. The Hall–Kier alpha value is -3.39. The van der Waals surface area contributed by atoms with E-state index in [1.165, 1.54) is 10.8 Å². The van der Waals surface area contributed by atoms with Gasteiger partial charge in [-0.15, -0.1) is 0 Å². The molecule has 122 valence electrons. The molecule has 0 spiro atoms. The van der Waals surface area contributed by atoms with Crippen molar-refractivity contribution in [2.24, 2.45) is 5.10 Å². The van der Waals surface area contributed by atoms with E-state index >= 15 is 0 Å². The lowest BCUT2D eigenvalue weighted by Gasteiger charge is -2.20. The van der Waals surface area contributed by atoms with Crippen molar-refractivity contribution in [3.63, 3.8) is 0 Å². The molecule has 0 amide bonds. The molecule has 0 saturated carbocycles. The minimum Gasteiger partial charge on any atom is -0.443 e. The van der Waals surface area contributed by atoms with Gasteiger partial charge in [-0.05, 0) is 39.8 Å². The van der Waals surface area contributed by atoms with Crippen molar-refractivity contribution in [1.82, 2.24) is 9.55 Å². The number of carbonyl (C=O) groups excluding carboxylic acids is 1. The molecule has 0 atom stereocenters. The van der Waals surface area contributed by atoms with Crippen molar-refractivity contribution in [2.45, 2.75) is 33.3 Å². The summed E-state index contributed by atoms with van der Waals surface area (Å²) in [6.07, 6.45) is 0.955. The van der Waals surface area contributed by atoms with Crippen LogP contribution in [-0.4, -0.2) is 27.0 Å². The van der Waals surface area contributed by atoms with Crippen molar-refractivity contribution in [3.05, 3.63) is 24.0 Å². The topological polar surface area (TPSA) is 116 Å². The largest absolute Gasteiger partial charge is 0.443 e. The number of aromatic nitrogens is 2. The number of carbonyl (C=O) groups is 1. The number of fused-ring (bicyclic) bond motifs is 1. The molecule has 0 fully saturated rings. The van der Waals surface area contributed by atoms with E-state index < -0.39 is 11.7 Å². The Labute approximate surface area is 139 Å². The number of hydrazone groups is 1. The maximum absolute atomic E-state index is 12.3. The van der Waals surface area contributed by atoms with E-state index in [0.29, 0.717) is 22.4 Å². The quantitative estimate of drug-likeness (QED) is 0.670. The van der Waals surface area contributed by atoms with Crippen LogP contribution in [0.5, 0.6) is 0 Å². The van der Waals surface area contributed by atoms with Crippen LogP contribution in [0.25, 0.3) is 11.0 Å². The van der Waals surface area contributed by atoms with Crippen LogP contribution in [-0.2, 0) is 4.74 Å². The summed E-state index contributed by atoms with van der Waals surface area (Å²) in [5.74, 6) is 0. The maximum atomic E-state index is 12.3. The highest BCUT2D eigenvalue weighted by Crippen LogP contribution is 2.22. The van der Waals surface area contributed by atoms with Crippen molar-refractivity contribution < 1.29 is 9.53 Å². The fraction of sp³-hybridized carbons (Fsp3) is 0.312. The zero-order valence-corrected chi connectivity index (χ0v) is 13.8. The van der Waals surface area contributed by atoms with Gasteiger partial charge in [0.25, 0.3) is 0 Å². The van der Waals surface area contributed by atoms with Crippen LogP contribution in [0.2, 0.25) is 0 Å². The average molecular weight is 324 g/mol. The van der Waals surface area contributed by atoms with Crippen LogP contribution in [0.1, 0.15) is 26.5 Å². The molecule has 8 nitrogen and oxygen atoms in total. The lowest BCUT2D eigenvalue weighted by atomic mass is 10.2. The number of hydrogen-bond donors (Lipinski definition) is 1. The minimum absolute atomic E-state index is 0.294. The van der Waals surface area contributed by atoms with Gasteiger partial charge in [0.2, 0.25) is 5.71 Å². The first-order valence-electron chi connectivity index (χ1n) is 7.10. The van der Waals surface area contributed by atoms with Gasteiger partial charge >= 0.3 is 6.09 Å². The second-order valence-electron chi connectivity index (χ2n) is 6.03. The minimum atomic E-state index is -0.610. The summed E-state index contributed by atoms with van der Waals surface area (Å²) in [5, 5.41) is 21.7. The maximum Gasteiger partial charge on any atom is 0.420 e. The van der Waals surface area contributed by atoms with E-state index in [0.717, 1.165) is 0 Å². The highest BCUT2D eigenvalue weighted by molar-refractivity contribution is 6.10. The van der Waals surface area contributed by atoms with Gasteiger partial charge < -0.3 is 4.74 Å². The van der Waals surface area contributed by atoms with Crippen molar-refractivity contribution in [3.8, 4) is 12.1 Å². The first-order valence-corrected chi connectivity index (χ1v) is 7.10. The fourth-order valence-corrected chi connectivity index (χ4v) is 2.02. The molecule has 2 rings (SSSR count). The van der Waals surface area contributed by atoms with Crippen LogP contribution in [0, 0.1) is 29.6 Å². The second-order valence-corrected chi connectivity index (χ2v) is 6.03. The molecule has 1 N–H and O–H groups in total. The number of ether oxygens (including phenoxy) is 1. The first-order chi connectivity index (χ1) is 11.2. The molecular weight excluding hydrogens is 308 g/mol. The van der Waals surface area contributed by atoms with Gasteiger partial charge in [0, 0.05) is 11.1 Å².